The molecule has 0 aromatic heterocycles. The number of amides is 1. The molecule has 8 nitrogen and oxygen atoms in total. The second-order valence-electron chi connectivity index (χ2n) is 6.63. The zero-order chi connectivity index (χ0) is 22.9. The van der Waals surface area contributed by atoms with Gasteiger partial charge < -0.3 is 15.0 Å². The van der Waals surface area contributed by atoms with Crippen LogP contribution in [0.1, 0.15) is 18.1 Å². The van der Waals surface area contributed by atoms with E-state index in [2.05, 4.69) is 5.32 Å². The summed E-state index contributed by atoms with van der Waals surface area (Å²) >= 11 is 0. The van der Waals surface area contributed by atoms with Crippen molar-refractivity contribution in [2.45, 2.75) is 25.4 Å². The van der Waals surface area contributed by atoms with Crippen LogP contribution in [0.15, 0.2) is 36.4 Å². The molecule has 31 heavy (non-hydrogen) atoms. The number of non-ortho nitro benzene ring substituents is 1. The molecule has 1 saturated heterocycles. The molecular weight excluding hydrogens is 424 g/mol. The Balaban J connectivity index is 1.77. The molecule has 2 atom stereocenters. The van der Waals surface area contributed by atoms with Crippen LogP contribution in [-0.2, 0) is 15.7 Å². The van der Waals surface area contributed by atoms with E-state index >= 15 is 0 Å². The first-order chi connectivity index (χ1) is 14.5. The van der Waals surface area contributed by atoms with Gasteiger partial charge in [-0.1, -0.05) is 0 Å². The lowest BCUT2D eigenvalue weighted by Gasteiger charge is -2.23. The lowest BCUT2D eigenvalue weighted by molar-refractivity contribution is -0.385. The topological polar surface area (TPSA) is 108 Å². The maximum absolute atomic E-state index is 14.0. The maximum Gasteiger partial charge on any atom is 0.417 e. The minimum atomic E-state index is -4.74. The number of ether oxygens (including phenoxy) is 1. The van der Waals surface area contributed by atoms with Gasteiger partial charge in [-0.3, -0.25) is 14.9 Å². The molecule has 3 rings (SSSR count). The van der Waals surface area contributed by atoms with Crippen molar-refractivity contribution >= 4 is 23.0 Å². The van der Waals surface area contributed by atoms with E-state index in [0.717, 1.165) is 24.3 Å². The Kier molecular flexibility index (Phi) is 5.81. The maximum atomic E-state index is 14.0. The summed E-state index contributed by atoms with van der Waals surface area (Å²) in [6.07, 6.45) is -6.67. The highest BCUT2D eigenvalue weighted by molar-refractivity contribution is 5.95. The second kappa shape index (κ2) is 8.19. The normalized spacial score (nSPS) is 18.5. The average molecular weight is 438 g/mol. The minimum Gasteiger partial charge on any atom is -0.344 e. The molecule has 0 unspecified atom stereocenters. The standard InChI is InChI=1S/C19H14F4N4O4/c1-10-26(12-3-2-11(8-24)14(6-12)19(21,22)23)9-17(31-10)18(28)25-16-5-4-13(27(29)30)7-15(16)20/h2-7,10,17H,9H2,1H3,(H,25,28)/t10-,17+/m1/s1. The monoisotopic (exact) mass is 438 g/mol. The highest BCUT2D eigenvalue weighted by Crippen LogP contribution is 2.36. The summed E-state index contributed by atoms with van der Waals surface area (Å²) in [6, 6.07) is 7.32. The lowest BCUT2D eigenvalue weighted by Crippen LogP contribution is -2.32. The zero-order valence-electron chi connectivity index (χ0n) is 15.8. The van der Waals surface area contributed by atoms with Crippen molar-refractivity contribution in [2.75, 3.05) is 16.8 Å². The molecular formula is C19H14F4N4O4. The number of benzene rings is 2. The van der Waals surface area contributed by atoms with Gasteiger partial charge in [-0.15, -0.1) is 0 Å². The Morgan fingerprint density at radius 3 is 2.61 bits per heavy atom. The van der Waals surface area contributed by atoms with Crippen molar-refractivity contribution in [3.05, 3.63) is 63.5 Å². The number of alkyl halides is 3. The summed E-state index contributed by atoms with van der Waals surface area (Å²) < 4.78 is 59.1. The van der Waals surface area contributed by atoms with Crippen molar-refractivity contribution in [2.24, 2.45) is 0 Å². The molecule has 1 fully saturated rings. The van der Waals surface area contributed by atoms with Crippen molar-refractivity contribution in [1.82, 2.24) is 0 Å². The first-order valence-corrected chi connectivity index (χ1v) is 8.79. The van der Waals surface area contributed by atoms with Crippen LogP contribution in [0.4, 0.5) is 34.6 Å². The van der Waals surface area contributed by atoms with Gasteiger partial charge in [0.2, 0.25) is 0 Å². The molecule has 0 spiro atoms. The molecule has 0 aliphatic carbocycles. The third kappa shape index (κ3) is 4.56. The quantitative estimate of drug-likeness (QED) is 0.442. The molecule has 12 heteroatoms. The minimum absolute atomic E-state index is 0.0932. The van der Waals surface area contributed by atoms with Gasteiger partial charge in [0.05, 0.1) is 40.4 Å². The van der Waals surface area contributed by atoms with Crippen LogP contribution < -0.4 is 10.2 Å². The number of nitro benzene ring substituents is 1. The van der Waals surface area contributed by atoms with E-state index in [4.69, 9.17) is 10.00 Å². The SMILES string of the molecule is C[C@H]1O[C@H](C(=O)Nc2ccc([N+](=O)[O-])cc2F)CN1c1ccc(C#N)c(C(F)(F)F)c1. The molecule has 162 valence electrons. The third-order valence-corrected chi connectivity index (χ3v) is 4.64. The first-order valence-electron chi connectivity index (χ1n) is 8.79. The van der Waals surface area contributed by atoms with Crippen LogP contribution in [0.3, 0.4) is 0 Å². The van der Waals surface area contributed by atoms with Crippen LogP contribution in [0.5, 0.6) is 0 Å². The van der Waals surface area contributed by atoms with E-state index in [1.165, 1.54) is 24.0 Å². The molecule has 1 N–H and O–H groups in total. The van der Waals surface area contributed by atoms with Gasteiger partial charge in [0, 0.05) is 11.8 Å². The van der Waals surface area contributed by atoms with Gasteiger partial charge in [-0.05, 0) is 31.2 Å². The largest absolute Gasteiger partial charge is 0.417 e. The summed E-state index contributed by atoms with van der Waals surface area (Å²) in [5.74, 6) is -1.79. The number of hydrogen-bond donors (Lipinski definition) is 1. The van der Waals surface area contributed by atoms with Crippen LogP contribution in [-0.4, -0.2) is 29.7 Å². The summed E-state index contributed by atoms with van der Waals surface area (Å²) in [4.78, 5) is 23.7. The van der Waals surface area contributed by atoms with Gasteiger partial charge in [0.25, 0.3) is 11.6 Å². The Hall–Kier alpha value is -3.72. The fourth-order valence-corrected chi connectivity index (χ4v) is 3.12. The van der Waals surface area contributed by atoms with Crippen LogP contribution in [0.2, 0.25) is 0 Å². The molecule has 0 saturated carbocycles. The molecule has 2 aromatic carbocycles. The highest BCUT2D eigenvalue weighted by Gasteiger charge is 2.38. The summed E-state index contributed by atoms with van der Waals surface area (Å²) in [5, 5.41) is 21.8. The molecule has 0 bridgehead atoms. The van der Waals surface area contributed by atoms with Gasteiger partial charge in [0.15, 0.2) is 11.9 Å². The third-order valence-electron chi connectivity index (χ3n) is 4.64. The van der Waals surface area contributed by atoms with Gasteiger partial charge in [0.1, 0.15) is 6.23 Å². The smallest absolute Gasteiger partial charge is 0.344 e. The summed E-state index contributed by atoms with van der Waals surface area (Å²) in [7, 11) is 0. The Bertz CT molecular complexity index is 1080. The molecule has 0 radical (unpaired) electrons. The number of carbonyl (C=O) groups excluding carboxylic acids is 1. The Morgan fingerprint density at radius 1 is 1.32 bits per heavy atom. The fourth-order valence-electron chi connectivity index (χ4n) is 3.12. The van der Waals surface area contributed by atoms with Crippen LogP contribution >= 0.6 is 0 Å². The van der Waals surface area contributed by atoms with E-state index < -0.39 is 52.0 Å². The number of nitrogens with one attached hydrogen (secondary N) is 1. The Morgan fingerprint density at radius 2 is 2.03 bits per heavy atom. The van der Waals surface area contributed by atoms with E-state index in [1.54, 1.807) is 0 Å². The first kappa shape index (κ1) is 22.0. The zero-order valence-corrected chi connectivity index (χ0v) is 15.8. The van der Waals surface area contributed by atoms with Gasteiger partial charge >= 0.3 is 6.18 Å². The van der Waals surface area contributed by atoms with Crippen molar-refractivity contribution in [1.29, 1.82) is 5.26 Å². The molecule has 1 heterocycles. The number of nitro groups is 1. The average Bonchev–Trinajstić information content (AvgIpc) is 3.10. The van der Waals surface area contributed by atoms with Crippen LogP contribution in [0, 0.1) is 27.3 Å². The Labute approximate surface area is 172 Å². The molecule has 1 aliphatic heterocycles. The summed E-state index contributed by atoms with van der Waals surface area (Å²) in [5.41, 5.74) is -2.35. The number of carbonyl (C=O) groups is 1. The number of nitriles is 1. The van der Waals surface area contributed by atoms with Crippen molar-refractivity contribution in [3.8, 4) is 6.07 Å². The predicted molar refractivity (Wildman–Crippen MR) is 99.5 cm³/mol. The predicted octanol–water partition coefficient (Wildman–Crippen LogP) is 3.81. The number of rotatable bonds is 4. The molecule has 2 aromatic rings. The lowest BCUT2D eigenvalue weighted by atomic mass is 10.1. The van der Waals surface area contributed by atoms with E-state index in [0.29, 0.717) is 6.07 Å². The van der Waals surface area contributed by atoms with E-state index in [1.807, 2.05) is 0 Å². The summed E-state index contributed by atoms with van der Waals surface area (Å²) in [6.45, 7) is 1.38. The van der Waals surface area contributed by atoms with Crippen LogP contribution in [0.25, 0.3) is 0 Å². The molecule has 1 aliphatic rings. The van der Waals surface area contributed by atoms with Gasteiger partial charge in [-0.25, -0.2) is 4.39 Å². The molecule has 1 amide bonds. The number of halogens is 4. The van der Waals surface area contributed by atoms with Crippen molar-refractivity contribution < 1.29 is 32.0 Å². The second-order valence-corrected chi connectivity index (χ2v) is 6.63. The van der Waals surface area contributed by atoms with E-state index in [9.17, 15) is 32.5 Å². The number of hydrogen-bond acceptors (Lipinski definition) is 6. The van der Waals surface area contributed by atoms with E-state index in [-0.39, 0.29) is 17.9 Å². The highest BCUT2D eigenvalue weighted by atomic mass is 19.4. The number of nitrogens with zero attached hydrogens (tertiary/aromatic N) is 3. The number of anilines is 2. The van der Waals surface area contributed by atoms with Crippen molar-refractivity contribution in [3.63, 3.8) is 0 Å². The fraction of sp³-hybridized carbons (Fsp3) is 0.263. The van der Waals surface area contributed by atoms with Gasteiger partial charge in [-0.2, -0.15) is 18.4 Å².